The van der Waals surface area contributed by atoms with Crippen LogP contribution in [0.5, 0.6) is 0 Å². The van der Waals surface area contributed by atoms with Crippen LogP contribution in [0.15, 0.2) is 388 Å². The first-order chi connectivity index (χ1) is 54.8. The number of hydrogen-bond acceptors (Lipinski definition) is 2. The molecule has 17 aromatic carbocycles. The zero-order chi connectivity index (χ0) is 76.3. The van der Waals surface area contributed by atoms with Gasteiger partial charge in [0, 0.05) is 34.1 Å². The minimum Gasteiger partial charge on any atom is -0.311 e. The third kappa shape index (κ3) is 15.4. The van der Waals surface area contributed by atoms with Crippen molar-refractivity contribution in [3.05, 3.63) is 433 Å². The highest BCUT2D eigenvalue weighted by atomic mass is 31.1. The molecule has 0 aliphatic heterocycles. The van der Waals surface area contributed by atoms with Gasteiger partial charge in [-0.05, 0) is 267 Å². The van der Waals surface area contributed by atoms with E-state index in [0.29, 0.717) is 0 Å². The second-order valence-corrected chi connectivity index (χ2v) is 38.6. The maximum atomic E-state index is 2.44. The molecule has 0 aliphatic rings. The molecule has 0 radical (unpaired) electrons. The number of nitrogens with zero attached hydrogens (tertiary/aromatic N) is 2. The van der Waals surface area contributed by atoms with E-state index in [1.54, 1.807) is 0 Å². The monoisotopic (exact) mass is 1510 g/mol. The Hall–Kier alpha value is -11.4. The lowest BCUT2D eigenvalue weighted by molar-refractivity contribution is 1.29. The van der Waals surface area contributed by atoms with Crippen molar-refractivity contribution in [2.75, 3.05) is 9.80 Å². The first-order valence-corrected chi connectivity index (χ1v) is 44.0. The van der Waals surface area contributed by atoms with Crippen LogP contribution in [0.1, 0.15) is 44.5 Å². The molecular formula is C106H88N2P4. The molecule has 2 nitrogen and oxygen atoms in total. The largest absolute Gasteiger partial charge is 0.311 e. The summed E-state index contributed by atoms with van der Waals surface area (Å²) < 4.78 is 0. The fraction of sp³-hybridized carbons (Fsp3) is 0.0755. The second kappa shape index (κ2) is 32.5. The van der Waals surface area contributed by atoms with Gasteiger partial charge in [0.1, 0.15) is 0 Å². The predicted molar refractivity (Wildman–Crippen MR) is 494 cm³/mol. The zero-order valence-corrected chi connectivity index (χ0v) is 68.2. The molecule has 0 heterocycles. The maximum Gasteiger partial charge on any atom is 0.0462 e. The number of hydrogen-bond donors (Lipinski definition) is 0. The molecule has 0 saturated carbocycles. The van der Waals surface area contributed by atoms with Crippen molar-refractivity contribution in [1.29, 1.82) is 0 Å². The van der Waals surface area contributed by atoms with E-state index in [4.69, 9.17) is 0 Å². The Morgan fingerprint density at radius 2 is 0.268 bits per heavy atom. The first-order valence-electron chi connectivity index (χ1n) is 38.7. The average Bonchev–Trinajstić information content (AvgIpc) is 0.732. The van der Waals surface area contributed by atoms with Crippen LogP contribution in [0, 0.1) is 55.4 Å². The molecule has 0 aromatic heterocycles. The molecule has 17 rings (SSSR count). The lowest BCUT2D eigenvalue weighted by Gasteiger charge is -2.28. The molecule has 0 bridgehead atoms. The summed E-state index contributed by atoms with van der Waals surface area (Å²) >= 11 is 0. The van der Waals surface area contributed by atoms with Gasteiger partial charge >= 0.3 is 0 Å². The molecule has 6 heteroatoms. The fourth-order valence-electron chi connectivity index (χ4n) is 15.5. The highest BCUT2D eigenvalue weighted by Gasteiger charge is 2.26. The van der Waals surface area contributed by atoms with Gasteiger partial charge in [-0.25, -0.2) is 0 Å². The summed E-state index contributed by atoms with van der Waals surface area (Å²) in [5.74, 6) is 0. The standard InChI is InChI=1S/C106H88N2P4/c1-73-17-49-89(50-18-73)109(90-51-19-74(2)20-52-90)97-65-41-85(42-66-97)107(86-43-67-98(68-44-86)110(91-53-21-75(3)22-54-91)92-55-23-76(4)24-56-92)83-37-33-81(34-38-83)105-101-13-9-11-15-103(101)106(104-16-12-10-14-102(104)105)82-35-39-84(40-36-82)108(87-45-69-99(70-46-87)111(93-57-25-77(5)26-58-93)94-59-27-78(6)28-60-94)88-47-71-100(72-48-88)112(95-61-29-79(7)30-62-95)96-63-31-80(8)32-64-96/h9-72H,1-8H3. The third-order valence-corrected chi connectivity index (χ3v) is 31.3. The van der Waals surface area contributed by atoms with Gasteiger partial charge in [-0.15, -0.1) is 0 Å². The molecule has 0 amide bonds. The molecule has 0 aliphatic carbocycles. The summed E-state index contributed by atoms with van der Waals surface area (Å²) in [6, 6.07) is 148. The number of benzene rings is 17. The number of fused-ring (bicyclic) bond motifs is 2. The second-order valence-electron chi connectivity index (χ2n) is 29.7. The molecule has 0 N–H and O–H groups in total. The molecule has 0 spiro atoms. The lowest BCUT2D eigenvalue weighted by atomic mass is 9.86. The van der Waals surface area contributed by atoms with Gasteiger partial charge in [0.15, 0.2) is 0 Å². The van der Waals surface area contributed by atoms with Gasteiger partial charge in [-0.2, -0.15) is 0 Å². The van der Waals surface area contributed by atoms with Gasteiger partial charge in [-0.1, -0.05) is 360 Å². The van der Waals surface area contributed by atoms with E-state index in [0.717, 1.165) is 45.3 Å². The third-order valence-electron chi connectivity index (χ3n) is 21.6. The van der Waals surface area contributed by atoms with Crippen molar-refractivity contribution in [2.45, 2.75) is 55.4 Å². The summed E-state index contributed by atoms with van der Waals surface area (Å²) in [6.45, 7) is 17.4. The number of anilines is 6. The predicted octanol–water partition coefficient (Wildman–Crippen LogP) is 23.8. The maximum absolute atomic E-state index is 2.44. The molecule has 0 fully saturated rings. The summed E-state index contributed by atoms with van der Waals surface area (Å²) in [4.78, 5) is 4.88. The van der Waals surface area contributed by atoms with E-state index in [9.17, 15) is 0 Å². The van der Waals surface area contributed by atoms with Crippen LogP contribution in [0.3, 0.4) is 0 Å². The van der Waals surface area contributed by atoms with Crippen LogP contribution in [-0.4, -0.2) is 0 Å². The van der Waals surface area contributed by atoms with Crippen molar-refractivity contribution >= 4 is 151 Å². The summed E-state index contributed by atoms with van der Waals surface area (Å²) in [6.07, 6.45) is 0. The van der Waals surface area contributed by atoms with Crippen LogP contribution < -0.4 is 73.5 Å². The van der Waals surface area contributed by atoms with Crippen LogP contribution >= 0.6 is 31.7 Å². The van der Waals surface area contributed by atoms with Gasteiger partial charge in [0.05, 0.1) is 0 Å². The zero-order valence-electron chi connectivity index (χ0n) is 64.6. The Labute approximate surface area is 666 Å². The fourth-order valence-corrected chi connectivity index (χ4v) is 24.5. The average molecular weight is 1510 g/mol. The van der Waals surface area contributed by atoms with E-state index in [1.165, 1.54) is 141 Å². The van der Waals surface area contributed by atoms with Crippen LogP contribution in [0.25, 0.3) is 43.8 Å². The smallest absolute Gasteiger partial charge is 0.0462 e. The van der Waals surface area contributed by atoms with E-state index in [2.05, 4.69) is 453 Å². The Kier molecular flexibility index (Phi) is 21.3. The van der Waals surface area contributed by atoms with Crippen molar-refractivity contribution in [2.24, 2.45) is 0 Å². The van der Waals surface area contributed by atoms with Crippen molar-refractivity contribution in [1.82, 2.24) is 0 Å². The molecule has 0 unspecified atom stereocenters. The van der Waals surface area contributed by atoms with Crippen LogP contribution in [0.4, 0.5) is 34.1 Å². The van der Waals surface area contributed by atoms with Crippen molar-refractivity contribution < 1.29 is 0 Å². The summed E-state index contributed by atoms with van der Waals surface area (Å²) in [7, 11) is -3.28. The minimum absolute atomic E-state index is 0.820. The summed E-state index contributed by atoms with van der Waals surface area (Å²) in [5, 5.41) is 20.8. The Morgan fingerprint density at radius 3 is 0.411 bits per heavy atom. The van der Waals surface area contributed by atoms with E-state index < -0.39 is 31.7 Å². The van der Waals surface area contributed by atoms with Crippen LogP contribution in [0.2, 0.25) is 0 Å². The Bertz CT molecular complexity index is 5210. The van der Waals surface area contributed by atoms with Crippen LogP contribution in [-0.2, 0) is 0 Å². The Morgan fingerprint density at radius 1 is 0.143 bits per heavy atom. The molecule has 0 atom stereocenters. The summed E-state index contributed by atoms with van der Waals surface area (Å²) in [5.41, 5.74) is 21.4. The van der Waals surface area contributed by atoms with E-state index in [1.807, 2.05) is 0 Å². The van der Waals surface area contributed by atoms with Gasteiger partial charge in [0.25, 0.3) is 0 Å². The van der Waals surface area contributed by atoms with Gasteiger partial charge < -0.3 is 9.80 Å². The molecule has 542 valence electrons. The van der Waals surface area contributed by atoms with E-state index in [-0.39, 0.29) is 0 Å². The molecule has 112 heavy (non-hydrogen) atoms. The molecule has 0 saturated heterocycles. The quantitative estimate of drug-likeness (QED) is 0.0554. The molecular weight excluding hydrogens is 1430 g/mol. The van der Waals surface area contributed by atoms with Crippen molar-refractivity contribution in [3.63, 3.8) is 0 Å². The van der Waals surface area contributed by atoms with E-state index >= 15 is 0 Å². The minimum atomic E-state index is -0.820. The first kappa shape index (κ1) is 73.4. The lowest BCUT2D eigenvalue weighted by Crippen LogP contribution is -2.21. The number of rotatable bonds is 20. The topological polar surface area (TPSA) is 6.48 Å². The highest BCUT2D eigenvalue weighted by molar-refractivity contribution is 7.81. The van der Waals surface area contributed by atoms with Gasteiger partial charge in [-0.3, -0.25) is 0 Å². The van der Waals surface area contributed by atoms with Gasteiger partial charge in [0.2, 0.25) is 0 Å². The Balaban J connectivity index is 0.749. The number of aryl methyl sites for hydroxylation is 8. The normalized spacial score (nSPS) is 11.5. The highest BCUT2D eigenvalue weighted by Crippen LogP contribution is 2.48. The van der Waals surface area contributed by atoms with Crippen molar-refractivity contribution in [3.8, 4) is 22.3 Å². The molecule has 17 aromatic rings. The SMILES string of the molecule is Cc1ccc(P(c2ccc(C)cc2)c2ccc(N(c3ccc(-c4c5ccccc5c(-c5ccc(N(c6ccc(P(c7ccc(C)cc7)c7ccc(C)cc7)cc6)c6ccc(P(c7ccc(C)cc7)c7ccc(C)cc7)cc6)cc5)c5ccccc45)cc3)c3ccc(P(c4ccc(C)cc4)c4ccc(C)cc4)cc3)cc2)cc1.